The number of carbonyl (C=O) groups is 2. The first-order valence-electron chi connectivity index (χ1n) is 7.63. The van der Waals surface area contributed by atoms with Crippen molar-refractivity contribution in [2.24, 2.45) is 7.05 Å². The number of aromatic nitrogens is 2. The average molecular weight is 315 g/mol. The molecule has 0 fully saturated rings. The van der Waals surface area contributed by atoms with Crippen molar-refractivity contribution >= 4 is 11.9 Å². The van der Waals surface area contributed by atoms with Crippen LogP contribution < -0.4 is 5.32 Å². The van der Waals surface area contributed by atoms with Gasteiger partial charge in [0.1, 0.15) is 0 Å². The van der Waals surface area contributed by atoms with Gasteiger partial charge in [0, 0.05) is 30.4 Å². The minimum absolute atomic E-state index is 0.0996. The van der Waals surface area contributed by atoms with E-state index < -0.39 is 5.97 Å². The first-order valence-corrected chi connectivity index (χ1v) is 7.63. The minimum Gasteiger partial charge on any atom is -0.478 e. The SMILES string of the molecule is CCc1nn(C)c(CC)c1CNC(=O)c1cccc(C(=O)O)c1. The molecule has 2 aromatic rings. The third-order valence-electron chi connectivity index (χ3n) is 3.83. The number of amides is 1. The fraction of sp³-hybridized carbons (Fsp3) is 0.353. The summed E-state index contributed by atoms with van der Waals surface area (Å²) in [6, 6.07) is 6.01. The number of nitrogens with one attached hydrogen (secondary N) is 1. The van der Waals surface area contributed by atoms with E-state index in [1.54, 1.807) is 12.1 Å². The van der Waals surface area contributed by atoms with Gasteiger partial charge >= 0.3 is 5.97 Å². The molecule has 23 heavy (non-hydrogen) atoms. The van der Waals surface area contributed by atoms with Crippen molar-refractivity contribution in [1.82, 2.24) is 15.1 Å². The Balaban J connectivity index is 2.16. The zero-order valence-corrected chi connectivity index (χ0v) is 13.6. The monoisotopic (exact) mass is 315 g/mol. The number of carbonyl (C=O) groups excluding carboxylic acids is 1. The number of aryl methyl sites for hydroxylation is 2. The Morgan fingerprint density at radius 2 is 1.91 bits per heavy atom. The predicted octanol–water partition coefficient (Wildman–Crippen LogP) is 2.17. The highest BCUT2D eigenvalue weighted by Crippen LogP contribution is 2.15. The van der Waals surface area contributed by atoms with Crippen LogP contribution in [0.1, 0.15) is 51.5 Å². The van der Waals surface area contributed by atoms with Crippen LogP contribution >= 0.6 is 0 Å². The zero-order chi connectivity index (χ0) is 17.0. The van der Waals surface area contributed by atoms with Gasteiger partial charge in [-0.1, -0.05) is 19.9 Å². The van der Waals surface area contributed by atoms with E-state index in [0.29, 0.717) is 12.1 Å². The van der Waals surface area contributed by atoms with E-state index in [1.807, 2.05) is 18.7 Å². The average Bonchev–Trinajstić information content (AvgIpc) is 2.87. The molecule has 0 bridgehead atoms. The van der Waals surface area contributed by atoms with Crippen LogP contribution in [0.5, 0.6) is 0 Å². The van der Waals surface area contributed by atoms with Crippen molar-refractivity contribution in [3.05, 3.63) is 52.3 Å². The van der Waals surface area contributed by atoms with Crippen LogP contribution in [0.25, 0.3) is 0 Å². The number of nitrogens with zero attached hydrogens (tertiary/aromatic N) is 2. The maximum Gasteiger partial charge on any atom is 0.335 e. The zero-order valence-electron chi connectivity index (χ0n) is 13.6. The lowest BCUT2D eigenvalue weighted by Gasteiger charge is -2.08. The van der Waals surface area contributed by atoms with E-state index >= 15 is 0 Å². The van der Waals surface area contributed by atoms with Crippen molar-refractivity contribution in [3.63, 3.8) is 0 Å². The predicted molar refractivity (Wildman–Crippen MR) is 86.5 cm³/mol. The molecule has 0 aliphatic rings. The van der Waals surface area contributed by atoms with Gasteiger partial charge in [0.15, 0.2) is 0 Å². The van der Waals surface area contributed by atoms with Crippen molar-refractivity contribution < 1.29 is 14.7 Å². The molecule has 0 radical (unpaired) electrons. The van der Waals surface area contributed by atoms with Gasteiger partial charge in [-0.15, -0.1) is 0 Å². The smallest absolute Gasteiger partial charge is 0.335 e. The minimum atomic E-state index is -1.05. The maximum atomic E-state index is 12.3. The molecule has 1 aromatic heterocycles. The Labute approximate surface area is 135 Å². The topological polar surface area (TPSA) is 84.2 Å². The summed E-state index contributed by atoms with van der Waals surface area (Å²) in [5.41, 5.74) is 3.55. The summed E-state index contributed by atoms with van der Waals surface area (Å²) in [6.45, 7) is 4.47. The number of hydrogen-bond donors (Lipinski definition) is 2. The molecule has 2 rings (SSSR count). The highest BCUT2D eigenvalue weighted by molar-refractivity contribution is 5.97. The molecule has 0 saturated carbocycles. The van der Waals surface area contributed by atoms with E-state index in [1.165, 1.54) is 12.1 Å². The van der Waals surface area contributed by atoms with Crippen molar-refractivity contribution in [3.8, 4) is 0 Å². The Kier molecular flexibility index (Phi) is 5.16. The summed E-state index contributed by atoms with van der Waals surface area (Å²) >= 11 is 0. The van der Waals surface area contributed by atoms with Gasteiger partial charge in [0.25, 0.3) is 5.91 Å². The van der Waals surface area contributed by atoms with Gasteiger partial charge in [-0.2, -0.15) is 5.10 Å². The number of carboxylic acids is 1. The number of benzene rings is 1. The summed E-state index contributed by atoms with van der Waals surface area (Å²) < 4.78 is 1.85. The molecular weight excluding hydrogens is 294 g/mol. The van der Waals surface area contributed by atoms with Crippen LogP contribution in [0.2, 0.25) is 0 Å². The number of aromatic carboxylic acids is 1. The lowest BCUT2D eigenvalue weighted by Crippen LogP contribution is -2.24. The molecule has 0 aliphatic heterocycles. The molecule has 0 unspecified atom stereocenters. The van der Waals surface area contributed by atoms with E-state index in [-0.39, 0.29) is 11.5 Å². The molecule has 0 saturated heterocycles. The molecule has 0 atom stereocenters. The summed E-state index contributed by atoms with van der Waals surface area (Å²) in [4.78, 5) is 23.2. The molecule has 0 spiro atoms. The largest absolute Gasteiger partial charge is 0.478 e. The highest BCUT2D eigenvalue weighted by Gasteiger charge is 2.15. The second-order valence-electron chi connectivity index (χ2n) is 5.27. The number of hydrogen-bond acceptors (Lipinski definition) is 3. The van der Waals surface area contributed by atoms with E-state index in [0.717, 1.165) is 29.8 Å². The first kappa shape index (κ1) is 16.7. The van der Waals surface area contributed by atoms with Crippen LogP contribution in [0.3, 0.4) is 0 Å². The van der Waals surface area contributed by atoms with Crippen LogP contribution in [-0.2, 0) is 26.4 Å². The lowest BCUT2D eigenvalue weighted by molar-refractivity contribution is 0.0697. The molecule has 122 valence electrons. The molecular formula is C17H21N3O3. The van der Waals surface area contributed by atoms with Crippen LogP contribution in [0, 0.1) is 0 Å². The molecule has 1 amide bonds. The second kappa shape index (κ2) is 7.09. The Morgan fingerprint density at radius 1 is 1.22 bits per heavy atom. The third-order valence-corrected chi connectivity index (χ3v) is 3.83. The molecule has 2 N–H and O–H groups in total. The first-order chi connectivity index (χ1) is 11.0. The van der Waals surface area contributed by atoms with Gasteiger partial charge in [0.05, 0.1) is 11.3 Å². The second-order valence-corrected chi connectivity index (χ2v) is 5.27. The van der Waals surface area contributed by atoms with E-state index in [9.17, 15) is 9.59 Å². The van der Waals surface area contributed by atoms with Crippen LogP contribution in [0.15, 0.2) is 24.3 Å². The Morgan fingerprint density at radius 3 is 2.52 bits per heavy atom. The van der Waals surface area contributed by atoms with E-state index in [4.69, 9.17) is 5.11 Å². The number of rotatable bonds is 6. The van der Waals surface area contributed by atoms with Crippen molar-refractivity contribution in [2.45, 2.75) is 33.2 Å². The summed E-state index contributed by atoms with van der Waals surface area (Å²) in [7, 11) is 1.90. The molecule has 6 heteroatoms. The third kappa shape index (κ3) is 3.59. The lowest BCUT2D eigenvalue weighted by atomic mass is 10.1. The van der Waals surface area contributed by atoms with Gasteiger partial charge < -0.3 is 10.4 Å². The quantitative estimate of drug-likeness (QED) is 0.855. The van der Waals surface area contributed by atoms with Crippen LogP contribution in [-0.4, -0.2) is 26.8 Å². The molecule has 1 aromatic carbocycles. The Bertz CT molecular complexity index is 735. The van der Waals surface area contributed by atoms with Gasteiger partial charge in [-0.25, -0.2) is 4.79 Å². The van der Waals surface area contributed by atoms with Gasteiger partial charge in [-0.3, -0.25) is 9.48 Å². The van der Waals surface area contributed by atoms with E-state index in [2.05, 4.69) is 17.3 Å². The van der Waals surface area contributed by atoms with Gasteiger partial charge in [-0.05, 0) is 31.0 Å². The molecule has 1 heterocycles. The van der Waals surface area contributed by atoms with Crippen molar-refractivity contribution in [1.29, 1.82) is 0 Å². The maximum absolute atomic E-state index is 12.3. The summed E-state index contributed by atoms with van der Waals surface area (Å²) in [5.74, 6) is -1.34. The standard InChI is InChI=1S/C17H21N3O3/c1-4-14-13(15(5-2)20(3)19-14)10-18-16(21)11-7-6-8-12(9-11)17(22)23/h6-9H,4-5,10H2,1-3H3,(H,18,21)(H,22,23). The van der Waals surface area contributed by atoms with Crippen LogP contribution in [0.4, 0.5) is 0 Å². The fourth-order valence-corrected chi connectivity index (χ4v) is 2.66. The Hall–Kier alpha value is -2.63. The fourth-order valence-electron chi connectivity index (χ4n) is 2.66. The summed E-state index contributed by atoms with van der Waals surface area (Å²) in [5, 5.41) is 16.3. The summed E-state index contributed by atoms with van der Waals surface area (Å²) in [6.07, 6.45) is 1.64. The van der Waals surface area contributed by atoms with Crippen molar-refractivity contribution in [2.75, 3.05) is 0 Å². The number of carboxylic acid groups (broad SMARTS) is 1. The molecule has 6 nitrogen and oxygen atoms in total. The molecule has 0 aliphatic carbocycles. The van der Waals surface area contributed by atoms with Gasteiger partial charge in [0.2, 0.25) is 0 Å². The normalized spacial score (nSPS) is 10.6. The highest BCUT2D eigenvalue weighted by atomic mass is 16.4.